The van der Waals surface area contributed by atoms with E-state index in [1.165, 1.54) is 6.33 Å². The lowest BCUT2D eigenvalue weighted by atomic mass is 9.99. The van der Waals surface area contributed by atoms with Gasteiger partial charge in [0.25, 0.3) is 5.91 Å². The molecule has 2 N–H and O–H groups in total. The maximum absolute atomic E-state index is 12.3. The highest BCUT2D eigenvalue weighted by Gasteiger charge is 2.35. The maximum atomic E-state index is 12.3. The van der Waals surface area contributed by atoms with Gasteiger partial charge < -0.3 is 15.2 Å². The summed E-state index contributed by atoms with van der Waals surface area (Å²) in [5.74, 6) is -0.251. The molecule has 2 aliphatic rings. The minimum absolute atomic E-state index is 0.0806. The summed E-state index contributed by atoms with van der Waals surface area (Å²) in [5.41, 5.74) is 0.333. The fourth-order valence-electron chi connectivity index (χ4n) is 3.46. The molecule has 1 aliphatic carbocycles. The number of morpholine rings is 1. The van der Waals surface area contributed by atoms with Crippen molar-refractivity contribution in [1.29, 1.82) is 0 Å². The Morgan fingerprint density at radius 1 is 1.30 bits per heavy atom. The molecule has 126 valence electrons. The standard InChI is InChI=1S/C16H24N4O3/c21-15-12(19-16(22)13-5-6-17-11-18-13)3-1-2-4-14(15)20-7-9-23-10-8-20/h5-6,11-12,14-15,21H,1-4,7-10H2,(H,19,22)/t12-,14-,15-/m1/s1. The van der Waals surface area contributed by atoms with Crippen molar-refractivity contribution in [3.05, 3.63) is 24.3 Å². The molecule has 0 aromatic carbocycles. The predicted molar refractivity (Wildman–Crippen MR) is 83.9 cm³/mol. The van der Waals surface area contributed by atoms with Crippen molar-refractivity contribution in [3.8, 4) is 0 Å². The van der Waals surface area contributed by atoms with Crippen LogP contribution in [0.15, 0.2) is 18.6 Å². The number of nitrogens with one attached hydrogen (secondary N) is 1. The Kier molecular flexibility index (Phi) is 5.53. The quantitative estimate of drug-likeness (QED) is 0.774. The van der Waals surface area contributed by atoms with Gasteiger partial charge in [0.15, 0.2) is 0 Å². The number of ether oxygens (including phenoxy) is 1. The van der Waals surface area contributed by atoms with E-state index in [1.54, 1.807) is 12.3 Å². The highest BCUT2D eigenvalue weighted by atomic mass is 16.5. The SMILES string of the molecule is O=C(N[C@@H]1CCCC[C@@H](N2CCOCC2)[C@@H]1O)c1ccncn1. The van der Waals surface area contributed by atoms with Gasteiger partial charge in [-0.1, -0.05) is 12.8 Å². The van der Waals surface area contributed by atoms with Crippen molar-refractivity contribution in [2.45, 2.75) is 43.9 Å². The van der Waals surface area contributed by atoms with E-state index < -0.39 is 6.10 Å². The summed E-state index contributed by atoms with van der Waals surface area (Å²) in [7, 11) is 0. The van der Waals surface area contributed by atoms with E-state index in [0.717, 1.165) is 38.8 Å². The molecule has 1 amide bonds. The zero-order valence-electron chi connectivity index (χ0n) is 13.2. The third-order valence-electron chi connectivity index (χ3n) is 4.72. The number of rotatable bonds is 3. The zero-order chi connectivity index (χ0) is 16.1. The Morgan fingerprint density at radius 2 is 2.09 bits per heavy atom. The van der Waals surface area contributed by atoms with Crippen LogP contribution in [-0.2, 0) is 4.74 Å². The fourth-order valence-corrected chi connectivity index (χ4v) is 3.46. The molecule has 1 saturated heterocycles. The van der Waals surface area contributed by atoms with Gasteiger partial charge in [-0.2, -0.15) is 0 Å². The van der Waals surface area contributed by atoms with Crippen LogP contribution in [0.4, 0.5) is 0 Å². The Hall–Kier alpha value is -1.57. The second-order valence-electron chi connectivity index (χ2n) is 6.17. The van der Waals surface area contributed by atoms with Gasteiger partial charge in [-0.15, -0.1) is 0 Å². The van der Waals surface area contributed by atoms with Crippen LogP contribution >= 0.6 is 0 Å². The van der Waals surface area contributed by atoms with Gasteiger partial charge in [0.2, 0.25) is 0 Å². The predicted octanol–water partition coefficient (Wildman–Crippen LogP) is 0.211. The van der Waals surface area contributed by atoms with Crippen LogP contribution in [0.5, 0.6) is 0 Å². The largest absolute Gasteiger partial charge is 0.389 e. The van der Waals surface area contributed by atoms with E-state index in [2.05, 4.69) is 20.2 Å². The molecule has 3 atom stereocenters. The van der Waals surface area contributed by atoms with Crippen LogP contribution in [0, 0.1) is 0 Å². The van der Waals surface area contributed by atoms with Gasteiger partial charge in [0, 0.05) is 25.3 Å². The molecule has 1 aromatic rings. The number of aromatic nitrogens is 2. The van der Waals surface area contributed by atoms with Gasteiger partial charge in [-0.25, -0.2) is 9.97 Å². The van der Waals surface area contributed by atoms with Gasteiger partial charge in [-0.3, -0.25) is 9.69 Å². The van der Waals surface area contributed by atoms with Crippen LogP contribution < -0.4 is 5.32 Å². The first kappa shape index (κ1) is 16.3. The zero-order valence-corrected chi connectivity index (χ0v) is 13.2. The van der Waals surface area contributed by atoms with E-state index in [0.29, 0.717) is 18.9 Å². The monoisotopic (exact) mass is 320 g/mol. The molecule has 0 bridgehead atoms. The van der Waals surface area contributed by atoms with Gasteiger partial charge in [0.05, 0.1) is 25.4 Å². The third-order valence-corrected chi connectivity index (χ3v) is 4.72. The summed E-state index contributed by atoms with van der Waals surface area (Å²) < 4.78 is 5.40. The highest BCUT2D eigenvalue weighted by Crippen LogP contribution is 2.24. The number of hydrogen-bond donors (Lipinski definition) is 2. The Labute approximate surface area is 136 Å². The van der Waals surface area contributed by atoms with Crippen molar-refractivity contribution >= 4 is 5.91 Å². The molecular weight excluding hydrogens is 296 g/mol. The molecule has 23 heavy (non-hydrogen) atoms. The smallest absolute Gasteiger partial charge is 0.270 e. The van der Waals surface area contributed by atoms with Crippen molar-refractivity contribution in [2.75, 3.05) is 26.3 Å². The molecule has 3 rings (SSSR count). The summed E-state index contributed by atoms with van der Waals surface area (Å²) in [6.45, 7) is 3.10. The Bertz CT molecular complexity index is 507. The molecule has 2 fully saturated rings. The van der Waals surface area contributed by atoms with Gasteiger partial charge in [-0.05, 0) is 18.9 Å². The van der Waals surface area contributed by atoms with Crippen LogP contribution in [-0.4, -0.2) is 70.4 Å². The molecule has 7 nitrogen and oxygen atoms in total. The van der Waals surface area contributed by atoms with Crippen LogP contribution in [0.2, 0.25) is 0 Å². The van der Waals surface area contributed by atoms with E-state index in [9.17, 15) is 9.90 Å². The number of amides is 1. The van der Waals surface area contributed by atoms with Gasteiger partial charge in [0.1, 0.15) is 12.0 Å². The van der Waals surface area contributed by atoms with Crippen molar-refractivity contribution in [3.63, 3.8) is 0 Å². The minimum Gasteiger partial charge on any atom is -0.389 e. The molecule has 0 radical (unpaired) electrons. The molecule has 1 aromatic heterocycles. The van der Waals surface area contributed by atoms with E-state index in [1.807, 2.05) is 0 Å². The van der Waals surface area contributed by atoms with Crippen LogP contribution in [0.3, 0.4) is 0 Å². The number of aliphatic hydroxyl groups excluding tert-OH is 1. The minimum atomic E-state index is -0.568. The number of aliphatic hydroxyl groups is 1. The number of carbonyl (C=O) groups excluding carboxylic acids is 1. The average molecular weight is 320 g/mol. The highest BCUT2D eigenvalue weighted by molar-refractivity contribution is 5.92. The first-order valence-electron chi connectivity index (χ1n) is 8.32. The average Bonchev–Trinajstić information content (AvgIpc) is 2.78. The summed E-state index contributed by atoms with van der Waals surface area (Å²) in [6, 6.07) is 1.42. The number of hydrogen-bond acceptors (Lipinski definition) is 6. The molecule has 7 heteroatoms. The Balaban J connectivity index is 1.66. The normalized spacial score (nSPS) is 29.7. The van der Waals surface area contributed by atoms with E-state index in [-0.39, 0.29) is 18.0 Å². The van der Waals surface area contributed by atoms with Crippen molar-refractivity contribution in [1.82, 2.24) is 20.2 Å². The molecule has 1 aliphatic heterocycles. The number of carbonyl (C=O) groups is 1. The lowest BCUT2D eigenvalue weighted by Crippen LogP contribution is -2.55. The summed E-state index contributed by atoms with van der Waals surface area (Å²) in [4.78, 5) is 22.4. The second kappa shape index (κ2) is 7.81. The Morgan fingerprint density at radius 3 is 2.83 bits per heavy atom. The van der Waals surface area contributed by atoms with Crippen molar-refractivity contribution < 1.29 is 14.6 Å². The second-order valence-corrected chi connectivity index (χ2v) is 6.17. The lowest BCUT2D eigenvalue weighted by molar-refractivity contribution is -0.0308. The first-order chi connectivity index (χ1) is 11.3. The lowest BCUT2D eigenvalue weighted by Gasteiger charge is -2.38. The van der Waals surface area contributed by atoms with E-state index in [4.69, 9.17) is 4.74 Å². The molecular formula is C16H24N4O3. The fraction of sp³-hybridized carbons (Fsp3) is 0.688. The van der Waals surface area contributed by atoms with Crippen LogP contribution in [0.1, 0.15) is 36.2 Å². The van der Waals surface area contributed by atoms with Gasteiger partial charge >= 0.3 is 0 Å². The summed E-state index contributed by atoms with van der Waals surface area (Å²) >= 11 is 0. The molecule has 1 saturated carbocycles. The van der Waals surface area contributed by atoms with E-state index >= 15 is 0 Å². The molecule has 0 spiro atoms. The molecule has 0 unspecified atom stereocenters. The first-order valence-corrected chi connectivity index (χ1v) is 8.32. The molecule has 2 heterocycles. The maximum Gasteiger partial charge on any atom is 0.270 e. The topological polar surface area (TPSA) is 87.6 Å². The summed E-state index contributed by atoms with van der Waals surface area (Å²) in [6.07, 6.45) is 6.16. The third kappa shape index (κ3) is 4.04. The summed E-state index contributed by atoms with van der Waals surface area (Å²) in [5, 5.41) is 13.8. The van der Waals surface area contributed by atoms with Crippen molar-refractivity contribution in [2.24, 2.45) is 0 Å². The van der Waals surface area contributed by atoms with Crippen LogP contribution in [0.25, 0.3) is 0 Å². The number of nitrogens with zero attached hydrogens (tertiary/aromatic N) is 3.